The molecule has 0 bridgehead atoms. The van der Waals surface area contributed by atoms with Gasteiger partial charge in [0.25, 0.3) is 15.6 Å². The van der Waals surface area contributed by atoms with Gasteiger partial charge in [-0.15, -0.1) is 0 Å². The lowest BCUT2D eigenvalue weighted by atomic mass is 9.91. The number of aryl methyl sites for hydroxylation is 1. The molecular weight excluding hydrogens is 621 g/mol. The van der Waals surface area contributed by atoms with Gasteiger partial charge in [0.1, 0.15) is 16.9 Å². The Bertz CT molecular complexity index is 2170. The lowest BCUT2D eigenvalue weighted by Gasteiger charge is -2.24. The number of anilines is 2. The van der Waals surface area contributed by atoms with E-state index in [0.717, 1.165) is 4.09 Å². The number of aromatic nitrogens is 4. The molecule has 0 unspecified atom stereocenters. The molecule has 0 radical (unpaired) electrons. The zero-order chi connectivity index (χ0) is 33.2. The van der Waals surface area contributed by atoms with Crippen LogP contribution in [0.1, 0.15) is 54.2 Å². The quantitative estimate of drug-likeness (QED) is 0.213. The number of nitrogens with zero attached hydrogens (tertiary/aromatic N) is 4. The summed E-state index contributed by atoms with van der Waals surface area (Å²) in [5.74, 6) is -0.790. The van der Waals surface area contributed by atoms with Crippen LogP contribution < -0.4 is 10.9 Å². The van der Waals surface area contributed by atoms with E-state index in [4.69, 9.17) is 16.3 Å². The molecule has 0 fully saturated rings. The number of hydrogen-bond acceptors (Lipinski definition) is 7. The Morgan fingerprint density at radius 2 is 1.73 bits per heavy atom. The molecule has 5 rings (SSSR count). The second-order valence-corrected chi connectivity index (χ2v) is 15.4. The van der Waals surface area contributed by atoms with Crippen LogP contribution in [0.2, 0.25) is 5.02 Å². The highest BCUT2D eigenvalue weighted by molar-refractivity contribution is 7.89. The number of pyridine rings is 1. The normalized spacial score (nSPS) is 12.7. The molecule has 45 heavy (non-hydrogen) atoms. The van der Waals surface area contributed by atoms with Crippen molar-refractivity contribution in [2.75, 3.05) is 11.1 Å². The van der Waals surface area contributed by atoms with Gasteiger partial charge < -0.3 is 14.6 Å². The van der Waals surface area contributed by atoms with Gasteiger partial charge in [-0.3, -0.25) is 4.79 Å². The van der Waals surface area contributed by atoms with Gasteiger partial charge in [0, 0.05) is 57.0 Å². The highest BCUT2D eigenvalue weighted by atomic mass is 35.5. The minimum Gasteiger partial charge on any atom is -0.443 e. The smallest absolute Gasteiger partial charge is 0.419 e. The van der Waals surface area contributed by atoms with E-state index in [1.54, 1.807) is 52.2 Å². The number of hydrogen-bond donors (Lipinski definition) is 1. The lowest BCUT2D eigenvalue weighted by Crippen LogP contribution is -2.32. The van der Waals surface area contributed by atoms with Crippen molar-refractivity contribution < 1.29 is 22.3 Å². The van der Waals surface area contributed by atoms with Gasteiger partial charge in [-0.2, -0.15) is 9.19 Å². The fourth-order valence-corrected chi connectivity index (χ4v) is 6.19. The molecule has 0 amide bonds. The Kier molecular flexibility index (Phi) is 7.90. The number of carbonyl (C=O) groups excluding carboxylic acids is 1. The number of carbonyl (C=O) groups is 1. The van der Waals surface area contributed by atoms with Crippen molar-refractivity contribution in [2.45, 2.75) is 59.5 Å². The molecule has 0 aliphatic carbocycles. The largest absolute Gasteiger partial charge is 0.443 e. The zero-order valence-electron chi connectivity index (χ0n) is 26.3. The van der Waals surface area contributed by atoms with E-state index in [2.05, 4.69) is 10.4 Å². The summed E-state index contributed by atoms with van der Waals surface area (Å²) in [5.41, 5.74) is 0.500. The van der Waals surface area contributed by atoms with Gasteiger partial charge >= 0.3 is 6.09 Å². The molecule has 5 aromatic rings. The Morgan fingerprint density at radius 3 is 2.33 bits per heavy atom. The fraction of sp³-hybridized carbons (Fsp3) is 0.344. The maximum Gasteiger partial charge on any atom is 0.419 e. The topological polar surface area (TPSA) is 117 Å². The van der Waals surface area contributed by atoms with Crippen molar-refractivity contribution in [1.82, 2.24) is 18.3 Å². The van der Waals surface area contributed by atoms with Gasteiger partial charge in [0.05, 0.1) is 23.2 Å². The van der Waals surface area contributed by atoms with E-state index in [0.29, 0.717) is 38.8 Å². The number of rotatable bonds is 5. The molecule has 0 saturated heterocycles. The minimum atomic E-state index is -3.78. The van der Waals surface area contributed by atoms with Crippen LogP contribution in [0.15, 0.2) is 53.6 Å². The summed E-state index contributed by atoms with van der Waals surface area (Å²) in [5, 5.41) is 8.39. The average Bonchev–Trinajstić information content (AvgIpc) is 3.54. The van der Waals surface area contributed by atoms with Crippen molar-refractivity contribution in [2.24, 2.45) is 7.05 Å². The molecule has 0 aliphatic rings. The first-order chi connectivity index (χ1) is 20.8. The van der Waals surface area contributed by atoms with Gasteiger partial charge in [-0.25, -0.2) is 22.2 Å². The van der Waals surface area contributed by atoms with E-state index < -0.39 is 38.5 Å². The van der Waals surface area contributed by atoms with Crippen LogP contribution in [-0.4, -0.2) is 44.2 Å². The molecule has 13 heteroatoms. The number of fused-ring (bicyclic) bond motifs is 2. The van der Waals surface area contributed by atoms with Crippen LogP contribution in [-0.2, 0) is 27.2 Å². The molecule has 2 aromatic carbocycles. The molecule has 238 valence electrons. The van der Waals surface area contributed by atoms with E-state index in [1.165, 1.54) is 40.5 Å². The highest BCUT2D eigenvalue weighted by Gasteiger charge is 2.31. The molecule has 0 aliphatic heterocycles. The first kappa shape index (κ1) is 32.2. The number of ether oxygens (including phenoxy) is 1. The van der Waals surface area contributed by atoms with Crippen molar-refractivity contribution in [3.63, 3.8) is 0 Å². The number of halogens is 2. The van der Waals surface area contributed by atoms with E-state index in [1.807, 2.05) is 20.8 Å². The number of nitrogens with one attached hydrogen (secondary N) is 1. The third-order valence-electron chi connectivity index (χ3n) is 7.27. The molecule has 3 aromatic heterocycles. The Labute approximate surface area is 265 Å². The molecule has 0 saturated carbocycles. The summed E-state index contributed by atoms with van der Waals surface area (Å²) in [7, 11) is -2.22. The average molecular weight is 656 g/mol. The maximum atomic E-state index is 15.0. The predicted molar refractivity (Wildman–Crippen MR) is 176 cm³/mol. The van der Waals surface area contributed by atoms with Crippen molar-refractivity contribution in [1.29, 1.82) is 0 Å². The van der Waals surface area contributed by atoms with Crippen molar-refractivity contribution >= 4 is 60.9 Å². The van der Waals surface area contributed by atoms with Crippen LogP contribution in [0.5, 0.6) is 0 Å². The van der Waals surface area contributed by atoms with Gasteiger partial charge in [-0.1, -0.05) is 32.4 Å². The monoisotopic (exact) mass is 655 g/mol. The first-order valence-electron chi connectivity index (χ1n) is 14.3. The molecule has 0 atom stereocenters. The summed E-state index contributed by atoms with van der Waals surface area (Å²) in [6, 6.07) is 9.27. The molecule has 3 heterocycles. The summed E-state index contributed by atoms with van der Waals surface area (Å²) in [6.07, 6.45) is 2.32. The fourth-order valence-electron chi connectivity index (χ4n) is 5.14. The van der Waals surface area contributed by atoms with Gasteiger partial charge in [0.2, 0.25) is 0 Å². The molecular formula is C32H35ClFN5O5S. The SMILES string of the molecule is CCS(=O)(=O)n1ncc2cc(Nc3ccc(Cl)cc3F)c(-c3cn(C)c(=O)c4c3cc(C(C)(C)C)n4C(=O)OC(C)(C)C)cc21. The van der Waals surface area contributed by atoms with Crippen LogP contribution in [0.3, 0.4) is 0 Å². The van der Waals surface area contributed by atoms with E-state index in [9.17, 15) is 18.0 Å². The van der Waals surface area contributed by atoms with E-state index in [-0.39, 0.29) is 22.0 Å². The second kappa shape index (κ2) is 11.0. The molecule has 1 N–H and O–H groups in total. The lowest BCUT2D eigenvalue weighted by molar-refractivity contribution is 0.0535. The summed E-state index contributed by atoms with van der Waals surface area (Å²) < 4.78 is 50.3. The zero-order valence-corrected chi connectivity index (χ0v) is 27.9. The summed E-state index contributed by atoms with van der Waals surface area (Å²) in [4.78, 5) is 27.4. The van der Waals surface area contributed by atoms with Crippen LogP contribution in [0, 0.1) is 5.82 Å². The number of benzene rings is 2. The molecule has 10 nitrogen and oxygen atoms in total. The standard InChI is InChI=1S/C32H35ClFN5O5S/c1-9-45(42,43)39-26-14-20(25(12-18(26)16-35-39)36-24-11-10-19(33)13-23(24)34)22-17-37(8)29(40)28-21(22)15-27(31(2,3)4)38(28)30(41)44-32(5,6)7/h10-17,36H,9H2,1-8H3. The predicted octanol–water partition coefficient (Wildman–Crippen LogP) is 7.17. The summed E-state index contributed by atoms with van der Waals surface area (Å²) >= 11 is 5.99. The minimum absolute atomic E-state index is 0.0904. The Balaban J connectivity index is 1.91. The maximum absolute atomic E-state index is 15.0. The molecule has 0 spiro atoms. The third kappa shape index (κ3) is 5.96. The highest BCUT2D eigenvalue weighted by Crippen LogP contribution is 2.40. The van der Waals surface area contributed by atoms with Crippen LogP contribution >= 0.6 is 11.6 Å². The Hall–Kier alpha value is -4.16. The van der Waals surface area contributed by atoms with Gasteiger partial charge in [-0.05, 0) is 64.1 Å². The first-order valence-corrected chi connectivity index (χ1v) is 16.3. The third-order valence-corrected chi connectivity index (χ3v) is 9.06. The van der Waals surface area contributed by atoms with Crippen LogP contribution in [0.4, 0.5) is 20.6 Å². The summed E-state index contributed by atoms with van der Waals surface area (Å²) in [6.45, 7) is 12.5. The van der Waals surface area contributed by atoms with Crippen LogP contribution in [0.25, 0.3) is 32.9 Å². The second-order valence-electron chi connectivity index (χ2n) is 12.9. The van der Waals surface area contributed by atoms with Crippen molar-refractivity contribution in [3.8, 4) is 11.1 Å². The Morgan fingerprint density at radius 1 is 1.04 bits per heavy atom. The van der Waals surface area contributed by atoms with Gasteiger partial charge in [0.15, 0.2) is 0 Å². The van der Waals surface area contributed by atoms with Crippen molar-refractivity contribution in [3.05, 3.63) is 75.7 Å². The van der Waals surface area contributed by atoms with E-state index >= 15 is 4.39 Å².